The Balaban J connectivity index is 2.64. The van der Waals surface area contributed by atoms with Gasteiger partial charge in [0, 0.05) is 0 Å². The van der Waals surface area contributed by atoms with Gasteiger partial charge in [0.25, 0.3) is 0 Å². The van der Waals surface area contributed by atoms with Gasteiger partial charge in [0.15, 0.2) is 0 Å². The third-order valence-electron chi connectivity index (χ3n) is 5.24. The Hall–Kier alpha value is -0.761. The van der Waals surface area contributed by atoms with Crippen LogP contribution in [-0.2, 0) is 0 Å². The number of unbranched alkanes of at least 4 members (excludes halogenated alkanes) is 2. The van der Waals surface area contributed by atoms with Crippen molar-refractivity contribution >= 4 is 25.5 Å². The minimum absolute atomic E-state index is 1.31. The number of aryl methyl sites for hydroxylation is 2. The van der Waals surface area contributed by atoms with Crippen molar-refractivity contribution in [2.75, 3.05) is 0 Å². The van der Waals surface area contributed by atoms with Gasteiger partial charge in [-0.05, 0) is 0 Å². The van der Waals surface area contributed by atoms with Gasteiger partial charge in [0.1, 0.15) is 0 Å². The summed E-state index contributed by atoms with van der Waals surface area (Å²) in [5, 5.41) is 0. The molecule has 0 radical (unpaired) electrons. The van der Waals surface area contributed by atoms with Gasteiger partial charge in [-0.25, -0.2) is 0 Å². The average Bonchev–Trinajstić information content (AvgIpc) is 2.57. The minimum atomic E-state index is -2.63. The van der Waals surface area contributed by atoms with Crippen molar-refractivity contribution in [1.82, 2.24) is 0 Å². The molecular formula is C22H32Sn. The van der Waals surface area contributed by atoms with E-state index in [1.165, 1.54) is 45.7 Å². The second-order valence-electron chi connectivity index (χ2n) is 6.92. The number of benzene rings is 2. The molecule has 2 aromatic rings. The third-order valence-corrected chi connectivity index (χ3v) is 21.2. The van der Waals surface area contributed by atoms with Crippen LogP contribution in [0.5, 0.6) is 0 Å². The molecular weight excluding hydrogens is 383 g/mol. The zero-order valence-corrected chi connectivity index (χ0v) is 18.2. The van der Waals surface area contributed by atoms with E-state index in [0.717, 1.165) is 0 Å². The van der Waals surface area contributed by atoms with E-state index in [-0.39, 0.29) is 0 Å². The van der Waals surface area contributed by atoms with Crippen LogP contribution in [-0.4, -0.2) is 18.4 Å². The molecule has 1 heteroatoms. The molecule has 124 valence electrons. The second-order valence-corrected chi connectivity index (χ2v) is 19.0. The molecule has 0 aliphatic rings. The molecule has 0 aliphatic heterocycles. The molecule has 0 spiro atoms. The van der Waals surface area contributed by atoms with Gasteiger partial charge in [-0.3, -0.25) is 0 Å². The van der Waals surface area contributed by atoms with Crippen molar-refractivity contribution in [2.24, 2.45) is 0 Å². The molecule has 0 nitrogen and oxygen atoms in total. The van der Waals surface area contributed by atoms with Crippen LogP contribution in [0.15, 0.2) is 48.5 Å². The van der Waals surface area contributed by atoms with Crippen molar-refractivity contribution in [2.45, 2.75) is 62.3 Å². The SMILES string of the molecule is CCC[CH2][Sn]([CH2]CCC)([c]1ccccc1C)[c]1ccccc1C. The molecule has 0 saturated carbocycles. The monoisotopic (exact) mass is 416 g/mol. The van der Waals surface area contributed by atoms with Crippen LogP contribution in [0.2, 0.25) is 8.87 Å². The van der Waals surface area contributed by atoms with Crippen molar-refractivity contribution in [3.05, 3.63) is 59.7 Å². The number of hydrogen-bond acceptors (Lipinski definition) is 0. The first kappa shape index (κ1) is 18.6. The molecule has 2 aromatic carbocycles. The van der Waals surface area contributed by atoms with Crippen LogP contribution in [0.4, 0.5) is 0 Å². The molecule has 0 amide bonds. The normalized spacial score (nSPS) is 11.7. The fourth-order valence-electron chi connectivity index (χ4n) is 3.99. The molecule has 0 fully saturated rings. The molecule has 0 heterocycles. The van der Waals surface area contributed by atoms with Crippen molar-refractivity contribution in [3.8, 4) is 0 Å². The van der Waals surface area contributed by atoms with E-state index in [4.69, 9.17) is 0 Å². The van der Waals surface area contributed by atoms with Gasteiger partial charge in [-0.2, -0.15) is 0 Å². The Morgan fingerprint density at radius 2 is 1.04 bits per heavy atom. The fourth-order valence-corrected chi connectivity index (χ4v) is 21.2. The summed E-state index contributed by atoms with van der Waals surface area (Å²) >= 11 is -2.63. The van der Waals surface area contributed by atoms with Gasteiger partial charge < -0.3 is 0 Å². The number of hydrogen-bond donors (Lipinski definition) is 0. The Labute approximate surface area is 147 Å². The van der Waals surface area contributed by atoms with E-state index in [9.17, 15) is 0 Å². The molecule has 0 aliphatic carbocycles. The quantitative estimate of drug-likeness (QED) is 0.502. The summed E-state index contributed by atoms with van der Waals surface area (Å²) in [5.74, 6) is 0. The van der Waals surface area contributed by atoms with Crippen LogP contribution in [0, 0.1) is 13.8 Å². The molecule has 0 N–H and O–H groups in total. The Morgan fingerprint density at radius 1 is 0.652 bits per heavy atom. The van der Waals surface area contributed by atoms with E-state index in [0.29, 0.717) is 0 Å². The Morgan fingerprint density at radius 3 is 1.39 bits per heavy atom. The van der Waals surface area contributed by atoms with Crippen LogP contribution < -0.4 is 7.16 Å². The standard InChI is InChI=1S/2C7H7.2C4H9.Sn/c2*1-7-5-3-2-4-6-7;2*1-3-4-2;/h2*2-5H,1H3;2*1,3-4H2,2H3;. The molecule has 0 aromatic heterocycles. The van der Waals surface area contributed by atoms with Gasteiger partial charge in [0.2, 0.25) is 0 Å². The zero-order valence-electron chi connectivity index (χ0n) is 15.4. The predicted molar refractivity (Wildman–Crippen MR) is 107 cm³/mol. The first-order valence-corrected chi connectivity index (χ1v) is 16.2. The van der Waals surface area contributed by atoms with Crippen molar-refractivity contribution in [3.63, 3.8) is 0 Å². The molecule has 0 unspecified atom stereocenters. The van der Waals surface area contributed by atoms with Crippen LogP contribution >= 0.6 is 0 Å². The first-order valence-electron chi connectivity index (χ1n) is 9.28. The topological polar surface area (TPSA) is 0 Å². The van der Waals surface area contributed by atoms with Gasteiger partial charge >= 0.3 is 147 Å². The predicted octanol–water partition coefficient (Wildman–Crippen LogP) is 5.47. The van der Waals surface area contributed by atoms with Gasteiger partial charge in [0.05, 0.1) is 0 Å². The van der Waals surface area contributed by atoms with Crippen molar-refractivity contribution < 1.29 is 0 Å². The van der Waals surface area contributed by atoms with E-state index in [1.54, 1.807) is 7.16 Å². The summed E-state index contributed by atoms with van der Waals surface area (Å²) in [6, 6.07) is 18.5. The second kappa shape index (κ2) is 8.91. The van der Waals surface area contributed by atoms with Crippen LogP contribution in [0.3, 0.4) is 0 Å². The molecule has 23 heavy (non-hydrogen) atoms. The van der Waals surface area contributed by atoms with E-state index in [2.05, 4.69) is 76.2 Å². The summed E-state index contributed by atoms with van der Waals surface area (Å²) in [7, 11) is 0. The first-order chi connectivity index (χ1) is 11.2. The molecule has 2 rings (SSSR count). The molecule has 0 atom stereocenters. The maximum absolute atomic E-state index is 2.63. The van der Waals surface area contributed by atoms with Crippen LogP contribution in [0.1, 0.15) is 50.7 Å². The Bertz CT molecular complexity index is 559. The summed E-state index contributed by atoms with van der Waals surface area (Å²) in [5.41, 5.74) is 3.05. The summed E-state index contributed by atoms with van der Waals surface area (Å²) in [4.78, 5) is 0. The summed E-state index contributed by atoms with van der Waals surface area (Å²) in [6.07, 6.45) is 5.37. The van der Waals surface area contributed by atoms with E-state index in [1.807, 2.05) is 0 Å². The third kappa shape index (κ3) is 4.20. The Kier molecular flexibility index (Phi) is 7.20. The fraction of sp³-hybridized carbons (Fsp3) is 0.455. The van der Waals surface area contributed by atoms with Gasteiger partial charge in [-0.1, -0.05) is 0 Å². The molecule has 0 bridgehead atoms. The molecule has 0 saturated heterocycles. The van der Waals surface area contributed by atoms with Crippen LogP contribution in [0.25, 0.3) is 0 Å². The summed E-state index contributed by atoms with van der Waals surface area (Å²) < 4.78 is 6.41. The van der Waals surface area contributed by atoms with Crippen molar-refractivity contribution in [1.29, 1.82) is 0 Å². The van der Waals surface area contributed by atoms with E-state index < -0.39 is 18.4 Å². The van der Waals surface area contributed by atoms with Gasteiger partial charge in [-0.15, -0.1) is 0 Å². The average molecular weight is 415 g/mol. The zero-order chi connectivity index (χ0) is 16.7. The summed E-state index contributed by atoms with van der Waals surface area (Å²) in [6.45, 7) is 9.34. The van der Waals surface area contributed by atoms with E-state index >= 15 is 0 Å². The number of rotatable bonds is 8. The maximum atomic E-state index is 2.46.